The summed E-state index contributed by atoms with van der Waals surface area (Å²) in [6.07, 6.45) is 0. The van der Waals surface area contributed by atoms with Crippen molar-refractivity contribution in [3.05, 3.63) is 35.4 Å². The largest absolute Gasteiger partial charge is 0.465 e. The summed E-state index contributed by atoms with van der Waals surface area (Å²) >= 11 is 6.00. The van der Waals surface area contributed by atoms with Gasteiger partial charge in [0.2, 0.25) is 0 Å². The molecular formula is C12H14ClNO2. The first-order valence-electron chi connectivity index (χ1n) is 4.96. The van der Waals surface area contributed by atoms with E-state index < -0.39 is 0 Å². The van der Waals surface area contributed by atoms with Crippen LogP contribution in [0, 0.1) is 0 Å². The first-order valence-corrected chi connectivity index (χ1v) is 5.34. The molecule has 16 heavy (non-hydrogen) atoms. The SMILES string of the molecule is COC(=O)c1ccc(C(Cl)=NC(C)C)cc1. The summed E-state index contributed by atoms with van der Waals surface area (Å²) in [6, 6.07) is 6.98. The summed E-state index contributed by atoms with van der Waals surface area (Å²) in [5, 5.41) is 0.450. The number of aliphatic imine (C=N–C) groups is 1. The molecule has 0 aliphatic carbocycles. The smallest absolute Gasteiger partial charge is 0.337 e. The van der Waals surface area contributed by atoms with E-state index in [1.165, 1.54) is 7.11 Å². The van der Waals surface area contributed by atoms with Crippen LogP contribution in [0.2, 0.25) is 0 Å². The number of benzene rings is 1. The number of rotatable bonds is 3. The van der Waals surface area contributed by atoms with Crippen molar-refractivity contribution in [3.63, 3.8) is 0 Å². The average Bonchev–Trinajstić information content (AvgIpc) is 2.27. The monoisotopic (exact) mass is 239 g/mol. The molecule has 0 aliphatic rings. The summed E-state index contributed by atoms with van der Waals surface area (Å²) in [4.78, 5) is 15.4. The number of carbonyl (C=O) groups excluding carboxylic acids is 1. The highest BCUT2D eigenvalue weighted by atomic mass is 35.5. The molecule has 0 aliphatic heterocycles. The van der Waals surface area contributed by atoms with E-state index in [9.17, 15) is 4.79 Å². The number of carbonyl (C=O) groups is 1. The van der Waals surface area contributed by atoms with Crippen LogP contribution in [0.25, 0.3) is 0 Å². The van der Waals surface area contributed by atoms with Crippen LogP contribution < -0.4 is 0 Å². The van der Waals surface area contributed by atoms with Gasteiger partial charge in [-0.15, -0.1) is 0 Å². The number of methoxy groups -OCH3 is 1. The fourth-order valence-corrected chi connectivity index (χ4v) is 1.48. The number of nitrogens with zero attached hydrogens (tertiary/aromatic N) is 1. The number of ether oxygens (including phenoxy) is 1. The van der Waals surface area contributed by atoms with Crippen molar-refractivity contribution < 1.29 is 9.53 Å². The lowest BCUT2D eigenvalue weighted by Gasteiger charge is -2.03. The molecule has 0 saturated heterocycles. The van der Waals surface area contributed by atoms with E-state index in [0.717, 1.165) is 5.56 Å². The highest BCUT2D eigenvalue weighted by molar-refractivity contribution is 6.69. The van der Waals surface area contributed by atoms with Crippen LogP contribution in [0.1, 0.15) is 29.8 Å². The molecule has 1 rings (SSSR count). The molecule has 0 saturated carbocycles. The zero-order chi connectivity index (χ0) is 12.1. The second-order valence-corrected chi connectivity index (χ2v) is 3.94. The molecule has 0 aromatic heterocycles. The number of esters is 1. The third kappa shape index (κ3) is 3.35. The molecule has 0 fully saturated rings. The van der Waals surface area contributed by atoms with E-state index in [2.05, 4.69) is 9.73 Å². The topological polar surface area (TPSA) is 38.7 Å². The van der Waals surface area contributed by atoms with Gasteiger partial charge in [-0.25, -0.2) is 4.79 Å². The molecule has 0 bridgehead atoms. The minimum atomic E-state index is -0.358. The summed E-state index contributed by atoms with van der Waals surface area (Å²) in [7, 11) is 1.35. The van der Waals surface area contributed by atoms with E-state index in [1.807, 2.05) is 13.8 Å². The van der Waals surface area contributed by atoms with Crippen LogP contribution in [0.5, 0.6) is 0 Å². The van der Waals surface area contributed by atoms with Crippen LogP contribution in [0.3, 0.4) is 0 Å². The number of hydrogen-bond donors (Lipinski definition) is 0. The Balaban J connectivity index is 2.91. The zero-order valence-corrected chi connectivity index (χ0v) is 10.3. The van der Waals surface area contributed by atoms with Crippen LogP contribution in [-0.2, 0) is 4.74 Å². The molecule has 0 atom stereocenters. The molecule has 0 radical (unpaired) electrons. The Hall–Kier alpha value is -1.35. The van der Waals surface area contributed by atoms with Crippen molar-refractivity contribution in [3.8, 4) is 0 Å². The average molecular weight is 240 g/mol. The van der Waals surface area contributed by atoms with Gasteiger partial charge in [-0.2, -0.15) is 0 Å². The van der Waals surface area contributed by atoms with Gasteiger partial charge in [0.1, 0.15) is 5.17 Å². The summed E-state index contributed by atoms with van der Waals surface area (Å²) < 4.78 is 4.60. The lowest BCUT2D eigenvalue weighted by Crippen LogP contribution is -2.02. The van der Waals surface area contributed by atoms with Gasteiger partial charge in [0.25, 0.3) is 0 Å². The Morgan fingerprint density at radius 2 is 1.75 bits per heavy atom. The maximum atomic E-state index is 11.2. The number of halogens is 1. The van der Waals surface area contributed by atoms with E-state index in [4.69, 9.17) is 11.6 Å². The molecule has 3 nitrogen and oxygen atoms in total. The third-order valence-corrected chi connectivity index (χ3v) is 2.23. The van der Waals surface area contributed by atoms with Crippen molar-refractivity contribution in [2.24, 2.45) is 4.99 Å². The molecule has 0 spiro atoms. The molecular weight excluding hydrogens is 226 g/mol. The fourth-order valence-electron chi connectivity index (χ4n) is 1.16. The van der Waals surface area contributed by atoms with Crippen LogP contribution in [-0.4, -0.2) is 24.3 Å². The number of hydrogen-bond acceptors (Lipinski definition) is 3. The lowest BCUT2D eigenvalue weighted by molar-refractivity contribution is 0.0601. The Labute approximate surface area is 100 Å². The van der Waals surface area contributed by atoms with E-state index >= 15 is 0 Å². The summed E-state index contributed by atoms with van der Waals surface area (Å²) in [5.74, 6) is -0.358. The van der Waals surface area contributed by atoms with Gasteiger partial charge < -0.3 is 4.74 Å². The second-order valence-electron chi connectivity index (χ2n) is 3.58. The molecule has 0 N–H and O–H groups in total. The first-order chi connectivity index (χ1) is 7.54. The molecule has 86 valence electrons. The minimum Gasteiger partial charge on any atom is -0.465 e. The van der Waals surface area contributed by atoms with Crippen LogP contribution in [0.15, 0.2) is 29.3 Å². The van der Waals surface area contributed by atoms with Crippen molar-refractivity contribution >= 4 is 22.7 Å². The standard InChI is InChI=1S/C12H14ClNO2/c1-8(2)14-11(13)9-4-6-10(7-5-9)12(15)16-3/h4-8H,1-3H3. The molecule has 0 heterocycles. The molecule has 4 heteroatoms. The van der Waals surface area contributed by atoms with Crippen molar-refractivity contribution in [1.29, 1.82) is 0 Å². The molecule has 1 aromatic carbocycles. The van der Waals surface area contributed by atoms with Crippen LogP contribution in [0.4, 0.5) is 0 Å². The predicted molar refractivity (Wildman–Crippen MR) is 65.3 cm³/mol. The summed E-state index contributed by atoms with van der Waals surface area (Å²) in [5.41, 5.74) is 1.29. The fraction of sp³-hybridized carbons (Fsp3) is 0.333. The third-order valence-electron chi connectivity index (χ3n) is 1.92. The Morgan fingerprint density at radius 3 is 2.19 bits per heavy atom. The van der Waals surface area contributed by atoms with E-state index in [1.54, 1.807) is 24.3 Å². The van der Waals surface area contributed by atoms with Gasteiger partial charge in [-0.3, -0.25) is 4.99 Å². The lowest BCUT2D eigenvalue weighted by atomic mass is 10.1. The van der Waals surface area contributed by atoms with Gasteiger partial charge in [0, 0.05) is 11.6 Å². The molecule has 1 aromatic rings. The van der Waals surface area contributed by atoms with Gasteiger partial charge in [0.15, 0.2) is 0 Å². The van der Waals surface area contributed by atoms with E-state index in [-0.39, 0.29) is 12.0 Å². The highest BCUT2D eigenvalue weighted by Gasteiger charge is 2.06. The van der Waals surface area contributed by atoms with Crippen molar-refractivity contribution in [2.45, 2.75) is 19.9 Å². The highest BCUT2D eigenvalue weighted by Crippen LogP contribution is 2.10. The maximum absolute atomic E-state index is 11.2. The molecule has 0 amide bonds. The Bertz CT molecular complexity index is 396. The second kappa shape index (κ2) is 5.66. The van der Waals surface area contributed by atoms with E-state index in [0.29, 0.717) is 10.7 Å². The maximum Gasteiger partial charge on any atom is 0.337 e. The first kappa shape index (κ1) is 12.7. The van der Waals surface area contributed by atoms with Gasteiger partial charge in [-0.1, -0.05) is 23.7 Å². The Kier molecular flexibility index (Phi) is 4.50. The quantitative estimate of drug-likeness (QED) is 0.601. The van der Waals surface area contributed by atoms with Gasteiger partial charge in [-0.05, 0) is 26.0 Å². The summed E-state index contributed by atoms with van der Waals surface area (Å²) in [6.45, 7) is 3.90. The normalized spacial score (nSPS) is 11.7. The van der Waals surface area contributed by atoms with Crippen LogP contribution >= 0.6 is 11.6 Å². The zero-order valence-electron chi connectivity index (χ0n) is 9.53. The minimum absolute atomic E-state index is 0.146. The van der Waals surface area contributed by atoms with Gasteiger partial charge >= 0.3 is 5.97 Å². The van der Waals surface area contributed by atoms with Crippen molar-refractivity contribution in [2.75, 3.05) is 7.11 Å². The Morgan fingerprint density at radius 1 is 1.25 bits per heavy atom. The predicted octanol–water partition coefficient (Wildman–Crippen LogP) is 2.87. The van der Waals surface area contributed by atoms with Gasteiger partial charge in [0.05, 0.1) is 12.7 Å². The molecule has 0 unspecified atom stereocenters. The van der Waals surface area contributed by atoms with Crippen molar-refractivity contribution in [1.82, 2.24) is 0 Å².